The molecule has 0 aromatic heterocycles. The standard InChI is InChI=1S/C14H18ClNO5S/c1-2-21-13-6-5-11(8-12(13)15)22(19,20)16-7-3-4-10(9-16)14(17)18/h5-6,8,10H,2-4,7,9H2,1H3,(H,17,18)/t10-/m0/s1. The van der Waals surface area contributed by atoms with Gasteiger partial charge < -0.3 is 9.84 Å². The molecule has 1 heterocycles. The molecule has 1 aliphatic rings. The molecule has 0 aliphatic carbocycles. The van der Waals surface area contributed by atoms with E-state index < -0.39 is 21.9 Å². The van der Waals surface area contributed by atoms with Crippen molar-refractivity contribution >= 4 is 27.6 Å². The molecule has 1 fully saturated rings. The first kappa shape index (κ1) is 17.1. The Kier molecular flexibility index (Phi) is 5.31. The lowest BCUT2D eigenvalue weighted by Crippen LogP contribution is -2.42. The van der Waals surface area contributed by atoms with Gasteiger partial charge in [0.25, 0.3) is 0 Å². The van der Waals surface area contributed by atoms with E-state index in [1.54, 1.807) is 6.92 Å². The number of carbonyl (C=O) groups is 1. The number of carboxylic acids is 1. The lowest BCUT2D eigenvalue weighted by Gasteiger charge is -2.29. The van der Waals surface area contributed by atoms with E-state index in [1.165, 1.54) is 22.5 Å². The van der Waals surface area contributed by atoms with E-state index >= 15 is 0 Å². The van der Waals surface area contributed by atoms with Crippen LogP contribution in [-0.2, 0) is 14.8 Å². The van der Waals surface area contributed by atoms with Gasteiger partial charge in [-0.25, -0.2) is 8.42 Å². The second kappa shape index (κ2) is 6.85. The van der Waals surface area contributed by atoms with E-state index in [2.05, 4.69) is 0 Å². The van der Waals surface area contributed by atoms with Crippen LogP contribution in [0.25, 0.3) is 0 Å². The lowest BCUT2D eigenvalue weighted by molar-refractivity contribution is -0.142. The molecule has 1 aliphatic heterocycles. The van der Waals surface area contributed by atoms with Gasteiger partial charge in [0.15, 0.2) is 0 Å². The van der Waals surface area contributed by atoms with Gasteiger partial charge in [0, 0.05) is 13.1 Å². The fourth-order valence-electron chi connectivity index (χ4n) is 2.43. The van der Waals surface area contributed by atoms with Gasteiger partial charge in [0.2, 0.25) is 10.0 Å². The van der Waals surface area contributed by atoms with Gasteiger partial charge in [-0.05, 0) is 38.0 Å². The smallest absolute Gasteiger partial charge is 0.307 e. The summed E-state index contributed by atoms with van der Waals surface area (Å²) in [4.78, 5) is 11.1. The Bertz CT molecular complexity index is 661. The van der Waals surface area contributed by atoms with Crippen LogP contribution in [0.2, 0.25) is 5.02 Å². The third-order valence-electron chi connectivity index (χ3n) is 3.57. The van der Waals surface area contributed by atoms with Crippen molar-refractivity contribution in [3.63, 3.8) is 0 Å². The molecule has 0 bridgehead atoms. The molecule has 1 aromatic rings. The van der Waals surface area contributed by atoms with E-state index in [0.717, 1.165) is 0 Å². The van der Waals surface area contributed by atoms with Crippen LogP contribution in [0.1, 0.15) is 19.8 Å². The van der Waals surface area contributed by atoms with Crippen molar-refractivity contribution in [2.45, 2.75) is 24.7 Å². The number of benzene rings is 1. The summed E-state index contributed by atoms with van der Waals surface area (Å²) in [5.41, 5.74) is 0. The Morgan fingerprint density at radius 1 is 1.50 bits per heavy atom. The van der Waals surface area contributed by atoms with Crippen molar-refractivity contribution in [2.75, 3.05) is 19.7 Å². The molecular weight excluding hydrogens is 330 g/mol. The van der Waals surface area contributed by atoms with Crippen molar-refractivity contribution < 1.29 is 23.1 Å². The van der Waals surface area contributed by atoms with E-state index in [1.807, 2.05) is 0 Å². The number of piperidine rings is 1. The minimum Gasteiger partial charge on any atom is -0.492 e. The number of halogens is 1. The van der Waals surface area contributed by atoms with Crippen LogP contribution in [0.4, 0.5) is 0 Å². The van der Waals surface area contributed by atoms with Crippen molar-refractivity contribution in [1.82, 2.24) is 4.31 Å². The summed E-state index contributed by atoms with van der Waals surface area (Å²) >= 11 is 6.03. The molecule has 0 saturated carbocycles. The molecule has 0 unspecified atom stereocenters. The van der Waals surface area contributed by atoms with Gasteiger partial charge in [-0.1, -0.05) is 11.6 Å². The molecule has 0 amide bonds. The second-order valence-electron chi connectivity index (χ2n) is 5.07. The molecule has 1 N–H and O–H groups in total. The van der Waals surface area contributed by atoms with Crippen LogP contribution in [0.3, 0.4) is 0 Å². The van der Waals surface area contributed by atoms with Gasteiger partial charge in [0.05, 0.1) is 22.4 Å². The maximum Gasteiger partial charge on any atom is 0.307 e. The fraction of sp³-hybridized carbons (Fsp3) is 0.500. The summed E-state index contributed by atoms with van der Waals surface area (Å²) in [5, 5.41) is 9.29. The number of ether oxygens (including phenoxy) is 1. The highest BCUT2D eigenvalue weighted by Crippen LogP contribution is 2.30. The summed E-state index contributed by atoms with van der Waals surface area (Å²) in [7, 11) is -3.75. The summed E-state index contributed by atoms with van der Waals surface area (Å²) in [6.07, 6.45) is 1.02. The summed E-state index contributed by atoms with van der Waals surface area (Å²) in [6, 6.07) is 4.28. The van der Waals surface area contributed by atoms with Crippen molar-refractivity contribution in [1.29, 1.82) is 0 Å². The fourth-order valence-corrected chi connectivity index (χ4v) is 4.28. The van der Waals surface area contributed by atoms with Crippen molar-refractivity contribution in [3.8, 4) is 5.75 Å². The minimum atomic E-state index is -3.75. The lowest BCUT2D eigenvalue weighted by atomic mass is 10.0. The average molecular weight is 348 g/mol. The van der Waals surface area contributed by atoms with Crippen molar-refractivity contribution in [2.24, 2.45) is 5.92 Å². The average Bonchev–Trinajstić information content (AvgIpc) is 2.49. The van der Waals surface area contributed by atoms with Crippen LogP contribution in [0, 0.1) is 5.92 Å². The van der Waals surface area contributed by atoms with Gasteiger partial charge in [-0.3, -0.25) is 4.79 Å². The second-order valence-corrected chi connectivity index (χ2v) is 7.41. The Morgan fingerprint density at radius 2 is 2.23 bits per heavy atom. The maximum atomic E-state index is 12.6. The number of rotatable bonds is 5. The predicted molar refractivity (Wildman–Crippen MR) is 81.7 cm³/mol. The molecule has 1 saturated heterocycles. The maximum absolute atomic E-state index is 12.6. The first-order valence-corrected chi connectivity index (χ1v) is 8.83. The van der Waals surface area contributed by atoms with E-state index in [0.29, 0.717) is 31.7 Å². The Morgan fingerprint density at radius 3 is 2.82 bits per heavy atom. The Hall–Kier alpha value is -1.31. The quantitative estimate of drug-likeness (QED) is 0.882. The van der Waals surface area contributed by atoms with E-state index in [4.69, 9.17) is 21.4 Å². The van der Waals surface area contributed by atoms with Crippen LogP contribution >= 0.6 is 11.6 Å². The topological polar surface area (TPSA) is 83.9 Å². The summed E-state index contributed by atoms with van der Waals surface area (Å²) in [5.74, 6) is -1.21. The van der Waals surface area contributed by atoms with Gasteiger partial charge >= 0.3 is 5.97 Å². The minimum absolute atomic E-state index is 0.0114. The zero-order chi connectivity index (χ0) is 16.3. The van der Waals surface area contributed by atoms with E-state index in [-0.39, 0.29) is 16.5 Å². The molecule has 1 atom stereocenters. The SMILES string of the molecule is CCOc1ccc(S(=O)(=O)N2CCC[C@H](C(=O)O)C2)cc1Cl. The number of carboxylic acid groups (broad SMARTS) is 1. The molecule has 6 nitrogen and oxygen atoms in total. The zero-order valence-corrected chi connectivity index (χ0v) is 13.7. The molecule has 2 rings (SSSR count). The summed E-state index contributed by atoms with van der Waals surface area (Å²) in [6.45, 7) is 2.54. The first-order chi connectivity index (χ1) is 10.4. The highest BCUT2D eigenvalue weighted by Gasteiger charge is 2.33. The normalized spacial score (nSPS) is 19.8. The Balaban J connectivity index is 2.26. The first-order valence-electron chi connectivity index (χ1n) is 7.01. The van der Waals surface area contributed by atoms with E-state index in [9.17, 15) is 13.2 Å². The molecule has 22 heavy (non-hydrogen) atoms. The number of hydrogen-bond donors (Lipinski definition) is 1. The van der Waals surface area contributed by atoms with Gasteiger partial charge in [-0.2, -0.15) is 4.31 Å². The number of sulfonamides is 1. The zero-order valence-electron chi connectivity index (χ0n) is 12.2. The van der Waals surface area contributed by atoms with Crippen LogP contribution < -0.4 is 4.74 Å². The molecule has 0 spiro atoms. The van der Waals surface area contributed by atoms with Gasteiger partial charge in [-0.15, -0.1) is 0 Å². The number of hydrogen-bond acceptors (Lipinski definition) is 4. The summed E-state index contributed by atoms with van der Waals surface area (Å²) < 4.78 is 31.7. The van der Waals surface area contributed by atoms with Gasteiger partial charge in [0.1, 0.15) is 5.75 Å². The molecule has 1 aromatic carbocycles. The third-order valence-corrected chi connectivity index (χ3v) is 5.73. The van der Waals surface area contributed by atoms with Crippen LogP contribution in [0.15, 0.2) is 23.1 Å². The largest absolute Gasteiger partial charge is 0.492 e. The Labute approximate surface area is 134 Å². The van der Waals surface area contributed by atoms with Crippen LogP contribution in [0.5, 0.6) is 5.75 Å². The molecule has 122 valence electrons. The highest BCUT2D eigenvalue weighted by atomic mass is 35.5. The molecule has 0 radical (unpaired) electrons. The molecular formula is C14H18ClNO5S. The number of nitrogens with zero attached hydrogens (tertiary/aromatic N) is 1. The molecule has 8 heteroatoms. The van der Waals surface area contributed by atoms with Crippen molar-refractivity contribution in [3.05, 3.63) is 23.2 Å². The third kappa shape index (κ3) is 3.53. The number of aliphatic carboxylic acids is 1. The van der Waals surface area contributed by atoms with Crippen LogP contribution in [-0.4, -0.2) is 43.5 Å². The highest BCUT2D eigenvalue weighted by molar-refractivity contribution is 7.89. The predicted octanol–water partition coefficient (Wildman–Crippen LogP) is 2.22. The monoisotopic (exact) mass is 347 g/mol.